The van der Waals surface area contributed by atoms with Crippen molar-refractivity contribution >= 4 is 29.4 Å². The van der Waals surface area contributed by atoms with Gasteiger partial charge in [0.25, 0.3) is 0 Å². The number of fused-ring (bicyclic) bond motifs is 1. The van der Waals surface area contributed by atoms with Crippen molar-refractivity contribution in [2.24, 2.45) is 5.10 Å². The highest BCUT2D eigenvalue weighted by atomic mass is 32.2. The number of carbonyl (C=O) groups is 1. The van der Waals surface area contributed by atoms with Gasteiger partial charge in [-0.05, 0) is 55.0 Å². The first kappa shape index (κ1) is 29.1. The maximum atomic E-state index is 13.2. The van der Waals surface area contributed by atoms with Crippen LogP contribution in [-0.4, -0.2) is 37.8 Å². The van der Waals surface area contributed by atoms with Gasteiger partial charge in [-0.1, -0.05) is 80.6 Å². The molecule has 0 spiro atoms. The van der Waals surface area contributed by atoms with E-state index in [1.165, 1.54) is 0 Å². The first-order valence-electron chi connectivity index (χ1n) is 14.4. The zero-order valence-electron chi connectivity index (χ0n) is 25.1. The molecule has 0 bridgehead atoms. The van der Waals surface area contributed by atoms with Crippen molar-refractivity contribution in [3.05, 3.63) is 125 Å². The molecule has 4 N–H and O–H groups in total. The zero-order chi connectivity index (χ0) is 30.8. The van der Waals surface area contributed by atoms with Crippen LogP contribution in [0.25, 0.3) is 5.69 Å². The molecule has 0 aliphatic carbocycles. The number of benzene rings is 3. The topological polar surface area (TPSA) is 107 Å². The third kappa shape index (κ3) is 6.21. The Morgan fingerprint density at radius 2 is 1.80 bits per heavy atom. The molecule has 2 aliphatic rings. The number of para-hydroxylation sites is 1. The van der Waals surface area contributed by atoms with E-state index in [0.29, 0.717) is 23.8 Å². The van der Waals surface area contributed by atoms with Gasteiger partial charge in [0, 0.05) is 34.0 Å². The molecule has 6 rings (SSSR count). The quantitative estimate of drug-likeness (QED) is 0.189. The monoisotopic (exact) mass is 605 g/mol. The van der Waals surface area contributed by atoms with Gasteiger partial charge in [-0.3, -0.25) is 10.7 Å². The summed E-state index contributed by atoms with van der Waals surface area (Å²) >= 11 is 1.61. The number of phenolic OH excluding ortho intramolecular Hbond substituents is 1. The minimum Gasteiger partial charge on any atom is -0.507 e. The van der Waals surface area contributed by atoms with E-state index in [4.69, 9.17) is 5.10 Å². The molecule has 0 radical (unpaired) electrons. The minimum atomic E-state index is -0.315. The average Bonchev–Trinajstić information content (AvgIpc) is 3.62. The van der Waals surface area contributed by atoms with Crippen LogP contribution in [0.3, 0.4) is 0 Å². The molecule has 0 fully saturated rings. The second-order valence-corrected chi connectivity index (χ2v) is 12.9. The summed E-state index contributed by atoms with van der Waals surface area (Å²) in [6.07, 6.45) is 5.99. The van der Waals surface area contributed by atoms with E-state index in [0.717, 1.165) is 32.3 Å². The van der Waals surface area contributed by atoms with Crippen molar-refractivity contribution in [2.75, 3.05) is 5.32 Å². The number of urea groups is 1. The molecule has 224 valence electrons. The summed E-state index contributed by atoms with van der Waals surface area (Å²) in [6.45, 7) is 8.69. The molecule has 2 amide bonds. The molecule has 9 nitrogen and oxygen atoms in total. The van der Waals surface area contributed by atoms with Gasteiger partial charge in [0.05, 0.1) is 16.9 Å². The summed E-state index contributed by atoms with van der Waals surface area (Å²) in [4.78, 5) is 17.2. The Bertz CT molecular complexity index is 1780. The summed E-state index contributed by atoms with van der Waals surface area (Å²) in [5, 5.41) is 25.7. The number of hydrazone groups is 1. The molecule has 1 atom stereocenters. The summed E-state index contributed by atoms with van der Waals surface area (Å²) in [5.74, 6) is 1.44. The molecule has 2 aliphatic heterocycles. The molecule has 3 heterocycles. The average molecular weight is 606 g/mol. The van der Waals surface area contributed by atoms with E-state index in [1.54, 1.807) is 28.6 Å². The number of allylic oxidation sites excluding steroid dienone is 1. The molecular weight excluding hydrogens is 570 g/mol. The van der Waals surface area contributed by atoms with Crippen LogP contribution in [0.4, 0.5) is 10.6 Å². The number of hydrogen-bond acceptors (Lipinski definition) is 7. The third-order valence-corrected chi connectivity index (χ3v) is 8.43. The predicted octanol–water partition coefficient (Wildman–Crippen LogP) is 6.60. The van der Waals surface area contributed by atoms with Gasteiger partial charge in [0.2, 0.25) is 0 Å². The number of aromatic hydroxyl groups is 1. The smallest absolute Gasteiger partial charge is 0.320 e. The number of nitrogens with zero attached hydrogens (tertiary/aromatic N) is 4. The Hall–Kier alpha value is -4.96. The number of aryl methyl sites for hydroxylation is 1. The number of rotatable bonds is 7. The number of carbonyl (C=O) groups excluding carboxylic acids is 1. The fourth-order valence-electron chi connectivity index (χ4n) is 4.88. The van der Waals surface area contributed by atoms with Gasteiger partial charge >= 0.3 is 6.03 Å². The van der Waals surface area contributed by atoms with Crippen LogP contribution in [0.1, 0.15) is 43.2 Å². The summed E-state index contributed by atoms with van der Waals surface area (Å²) in [5.41, 5.74) is 7.49. The highest BCUT2D eigenvalue weighted by Crippen LogP contribution is 2.35. The van der Waals surface area contributed by atoms with Crippen LogP contribution in [0.15, 0.2) is 112 Å². The Morgan fingerprint density at radius 1 is 1.05 bits per heavy atom. The number of phenols is 1. The SMILES string of the molecule is Cc1ccc(-n2nc(C(C)(C)C)cc2NC(=O)NCc2ccccc2SC2=CN3C(c4ccccc4O)=NNC3C=C2)cc1. The molecule has 0 saturated heterocycles. The predicted molar refractivity (Wildman–Crippen MR) is 176 cm³/mol. The van der Waals surface area contributed by atoms with E-state index >= 15 is 0 Å². The molecular formula is C34H35N7O2S. The van der Waals surface area contributed by atoms with Crippen LogP contribution in [-0.2, 0) is 12.0 Å². The Balaban J connectivity index is 1.16. The van der Waals surface area contributed by atoms with Crippen LogP contribution in [0.5, 0.6) is 5.75 Å². The Morgan fingerprint density at radius 3 is 2.57 bits per heavy atom. The molecule has 0 saturated carbocycles. The molecule has 4 aromatic rings. The molecule has 44 heavy (non-hydrogen) atoms. The molecule has 1 unspecified atom stereocenters. The summed E-state index contributed by atoms with van der Waals surface area (Å²) < 4.78 is 1.78. The lowest BCUT2D eigenvalue weighted by molar-refractivity contribution is 0.251. The van der Waals surface area contributed by atoms with E-state index in [1.807, 2.05) is 90.8 Å². The molecule has 1 aromatic heterocycles. The Labute approximate surface area is 261 Å². The third-order valence-electron chi connectivity index (χ3n) is 7.34. The lowest BCUT2D eigenvalue weighted by Gasteiger charge is -2.25. The number of amidine groups is 1. The second-order valence-electron chi connectivity index (χ2n) is 11.8. The summed E-state index contributed by atoms with van der Waals surface area (Å²) in [6, 6.07) is 24.9. The number of hydrogen-bond donors (Lipinski definition) is 4. The zero-order valence-corrected chi connectivity index (χ0v) is 25.9. The van der Waals surface area contributed by atoms with Crippen molar-refractivity contribution in [1.29, 1.82) is 0 Å². The van der Waals surface area contributed by atoms with Crippen LogP contribution in [0.2, 0.25) is 0 Å². The van der Waals surface area contributed by atoms with Crippen LogP contribution >= 0.6 is 11.8 Å². The van der Waals surface area contributed by atoms with Crippen molar-refractivity contribution < 1.29 is 9.90 Å². The van der Waals surface area contributed by atoms with Crippen LogP contribution in [0, 0.1) is 6.92 Å². The first-order chi connectivity index (χ1) is 21.2. The number of aromatic nitrogens is 2. The number of anilines is 1. The highest BCUT2D eigenvalue weighted by Gasteiger charge is 2.29. The molecule has 3 aromatic carbocycles. The number of amides is 2. The van der Waals surface area contributed by atoms with Crippen molar-refractivity contribution in [1.82, 2.24) is 25.4 Å². The Kier molecular flexibility index (Phi) is 7.92. The van der Waals surface area contributed by atoms with Crippen molar-refractivity contribution in [3.8, 4) is 11.4 Å². The van der Waals surface area contributed by atoms with Crippen LogP contribution < -0.4 is 16.1 Å². The van der Waals surface area contributed by atoms with Gasteiger partial charge in [0.15, 0.2) is 5.84 Å². The minimum absolute atomic E-state index is 0.123. The standard InChI is InChI=1S/C34H35N7O2S/c1-22-13-15-24(16-14-22)41-31(19-29(39-41)34(2,3)4)36-33(43)35-20-23-9-5-8-12-28(23)44-25-17-18-30-37-38-32(40(30)21-25)26-10-6-7-11-27(26)42/h5-19,21,30,37,42H,20H2,1-4H3,(H2,35,36,43). The highest BCUT2D eigenvalue weighted by molar-refractivity contribution is 8.03. The summed E-state index contributed by atoms with van der Waals surface area (Å²) in [7, 11) is 0. The lowest BCUT2D eigenvalue weighted by atomic mass is 9.92. The maximum absolute atomic E-state index is 13.2. The maximum Gasteiger partial charge on any atom is 0.320 e. The molecule has 10 heteroatoms. The van der Waals surface area contributed by atoms with E-state index in [-0.39, 0.29) is 23.4 Å². The van der Waals surface area contributed by atoms with Gasteiger partial charge < -0.3 is 15.3 Å². The van der Waals surface area contributed by atoms with Gasteiger partial charge in [-0.2, -0.15) is 10.2 Å². The number of nitrogens with one attached hydrogen (secondary N) is 3. The lowest BCUT2D eigenvalue weighted by Crippen LogP contribution is -2.36. The van der Waals surface area contributed by atoms with Crippen molar-refractivity contribution in [3.63, 3.8) is 0 Å². The van der Waals surface area contributed by atoms with Crippen molar-refractivity contribution in [2.45, 2.75) is 50.7 Å². The fourth-order valence-corrected chi connectivity index (χ4v) is 5.86. The van der Waals surface area contributed by atoms with Gasteiger partial charge in [-0.15, -0.1) is 0 Å². The fraction of sp³-hybridized carbons (Fsp3) is 0.206. The van der Waals surface area contributed by atoms with E-state index < -0.39 is 0 Å². The number of thioether (sulfide) groups is 1. The van der Waals surface area contributed by atoms with E-state index in [2.05, 4.69) is 48.0 Å². The van der Waals surface area contributed by atoms with E-state index in [9.17, 15) is 9.90 Å². The normalized spacial score (nSPS) is 15.7. The van der Waals surface area contributed by atoms with Gasteiger partial charge in [0.1, 0.15) is 17.7 Å². The second kappa shape index (κ2) is 12.0. The first-order valence-corrected chi connectivity index (χ1v) is 15.3. The van der Waals surface area contributed by atoms with Gasteiger partial charge in [-0.25, -0.2) is 9.48 Å². The largest absolute Gasteiger partial charge is 0.507 e.